The fourth-order valence-corrected chi connectivity index (χ4v) is 1.28. The molecule has 0 saturated carbocycles. The van der Waals surface area contributed by atoms with Crippen molar-refractivity contribution in [3.8, 4) is 11.5 Å². The lowest BCUT2D eigenvalue weighted by atomic mass is 10.1. The monoisotopic (exact) mass is 189 g/mol. The van der Waals surface area contributed by atoms with E-state index in [9.17, 15) is 0 Å². The number of aryl methyl sites for hydroxylation is 2. The van der Waals surface area contributed by atoms with Crippen molar-refractivity contribution < 1.29 is 4.52 Å². The Morgan fingerprint density at radius 1 is 1.29 bits per heavy atom. The van der Waals surface area contributed by atoms with Crippen LogP contribution in [0.15, 0.2) is 22.7 Å². The van der Waals surface area contributed by atoms with Crippen molar-refractivity contribution in [1.29, 1.82) is 0 Å². The van der Waals surface area contributed by atoms with E-state index >= 15 is 0 Å². The van der Waals surface area contributed by atoms with Gasteiger partial charge in [-0.05, 0) is 31.5 Å². The first kappa shape index (κ1) is 8.74. The summed E-state index contributed by atoms with van der Waals surface area (Å²) in [5, 5.41) is 3.74. The van der Waals surface area contributed by atoms with E-state index in [1.165, 1.54) is 0 Å². The molecule has 0 amide bonds. The molecule has 0 aliphatic rings. The minimum atomic E-state index is 0.521. The maximum atomic E-state index is 5.68. The Hall–Kier alpha value is -1.84. The first-order valence-electron chi connectivity index (χ1n) is 4.33. The fourth-order valence-electron chi connectivity index (χ4n) is 1.28. The second kappa shape index (κ2) is 3.14. The molecule has 1 aromatic heterocycles. The van der Waals surface area contributed by atoms with Crippen molar-refractivity contribution in [3.63, 3.8) is 0 Å². The minimum absolute atomic E-state index is 0.521. The predicted molar refractivity (Wildman–Crippen MR) is 53.6 cm³/mol. The molecular formula is C10H11N3O. The smallest absolute Gasteiger partial charge is 0.258 e. The number of aromatic nitrogens is 2. The number of nitrogen functional groups attached to an aromatic ring is 1. The third-order valence-electron chi connectivity index (χ3n) is 2.02. The van der Waals surface area contributed by atoms with Crippen molar-refractivity contribution in [2.75, 3.05) is 5.73 Å². The highest BCUT2D eigenvalue weighted by molar-refractivity contribution is 5.63. The third-order valence-corrected chi connectivity index (χ3v) is 2.02. The van der Waals surface area contributed by atoms with Crippen molar-refractivity contribution in [1.82, 2.24) is 10.1 Å². The highest BCUT2D eigenvalue weighted by Gasteiger charge is 2.08. The largest absolute Gasteiger partial charge is 0.399 e. The molecule has 2 N–H and O–H groups in total. The number of benzene rings is 1. The Kier molecular flexibility index (Phi) is 1.96. The molecule has 0 atom stereocenters. The Morgan fingerprint density at radius 3 is 2.71 bits per heavy atom. The summed E-state index contributed by atoms with van der Waals surface area (Å²) < 4.78 is 5.07. The van der Waals surface area contributed by atoms with Crippen LogP contribution in [0.1, 0.15) is 11.4 Å². The number of hydrogen-bond donors (Lipinski definition) is 1. The molecule has 2 aromatic rings. The minimum Gasteiger partial charge on any atom is -0.399 e. The normalized spacial score (nSPS) is 10.4. The summed E-state index contributed by atoms with van der Waals surface area (Å²) in [7, 11) is 0. The summed E-state index contributed by atoms with van der Waals surface area (Å²) in [6, 6.07) is 5.62. The van der Waals surface area contributed by atoms with E-state index in [0.29, 0.717) is 17.4 Å². The Bertz CT molecular complexity index is 462. The van der Waals surface area contributed by atoms with E-state index < -0.39 is 0 Å². The summed E-state index contributed by atoms with van der Waals surface area (Å²) in [5.41, 5.74) is 8.34. The lowest BCUT2D eigenvalue weighted by molar-refractivity contribution is 0.425. The zero-order valence-corrected chi connectivity index (χ0v) is 8.11. The Morgan fingerprint density at radius 2 is 2.07 bits per heavy atom. The van der Waals surface area contributed by atoms with Crippen LogP contribution in [0.5, 0.6) is 0 Å². The van der Waals surface area contributed by atoms with Gasteiger partial charge in [-0.3, -0.25) is 0 Å². The van der Waals surface area contributed by atoms with E-state index in [2.05, 4.69) is 10.1 Å². The molecule has 0 saturated heterocycles. The lowest BCUT2D eigenvalue weighted by Gasteiger charge is -2.00. The van der Waals surface area contributed by atoms with E-state index in [4.69, 9.17) is 10.3 Å². The van der Waals surface area contributed by atoms with E-state index in [1.807, 2.05) is 25.1 Å². The van der Waals surface area contributed by atoms with Crippen LogP contribution in [0.25, 0.3) is 11.5 Å². The summed E-state index contributed by atoms with van der Waals surface area (Å²) in [4.78, 5) is 4.15. The average Bonchev–Trinajstić information content (AvgIpc) is 2.56. The van der Waals surface area contributed by atoms with Gasteiger partial charge in [0.1, 0.15) is 0 Å². The Balaban J connectivity index is 2.55. The van der Waals surface area contributed by atoms with Gasteiger partial charge in [-0.2, -0.15) is 4.98 Å². The quantitative estimate of drug-likeness (QED) is 0.696. The number of nitrogens with two attached hydrogens (primary N) is 1. The number of hydrogen-bond acceptors (Lipinski definition) is 4. The third kappa shape index (κ3) is 1.46. The summed E-state index contributed by atoms with van der Waals surface area (Å²) in [6.07, 6.45) is 0. The molecule has 0 unspecified atom stereocenters. The first-order valence-corrected chi connectivity index (χ1v) is 4.33. The van der Waals surface area contributed by atoms with Crippen molar-refractivity contribution in [3.05, 3.63) is 29.6 Å². The molecule has 0 radical (unpaired) electrons. The van der Waals surface area contributed by atoms with E-state index in [-0.39, 0.29) is 0 Å². The molecule has 4 heteroatoms. The zero-order chi connectivity index (χ0) is 10.1. The van der Waals surface area contributed by atoms with Crippen LogP contribution in [-0.4, -0.2) is 10.1 Å². The molecule has 0 spiro atoms. The van der Waals surface area contributed by atoms with Gasteiger partial charge in [0.2, 0.25) is 0 Å². The van der Waals surface area contributed by atoms with Crippen LogP contribution in [0.3, 0.4) is 0 Å². The molecule has 1 heterocycles. The van der Waals surface area contributed by atoms with Crippen LogP contribution in [-0.2, 0) is 0 Å². The molecule has 14 heavy (non-hydrogen) atoms. The number of anilines is 1. The fraction of sp³-hybridized carbons (Fsp3) is 0.200. The lowest BCUT2D eigenvalue weighted by Crippen LogP contribution is -1.88. The second-order valence-electron chi connectivity index (χ2n) is 3.22. The van der Waals surface area contributed by atoms with Gasteiger partial charge in [-0.25, -0.2) is 0 Å². The SMILES string of the molecule is Cc1noc(-c2cc(N)ccc2C)n1. The zero-order valence-electron chi connectivity index (χ0n) is 8.11. The van der Waals surface area contributed by atoms with Gasteiger partial charge in [0.15, 0.2) is 5.82 Å². The molecule has 1 aromatic carbocycles. The van der Waals surface area contributed by atoms with Gasteiger partial charge in [0, 0.05) is 11.3 Å². The second-order valence-corrected chi connectivity index (χ2v) is 3.22. The van der Waals surface area contributed by atoms with Crippen molar-refractivity contribution in [2.45, 2.75) is 13.8 Å². The van der Waals surface area contributed by atoms with Gasteiger partial charge in [-0.1, -0.05) is 11.2 Å². The molecule has 0 fully saturated rings. The first-order chi connectivity index (χ1) is 6.66. The number of rotatable bonds is 1. The molecular weight excluding hydrogens is 178 g/mol. The van der Waals surface area contributed by atoms with Gasteiger partial charge >= 0.3 is 0 Å². The van der Waals surface area contributed by atoms with Gasteiger partial charge in [-0.15, -0.1) is 0 Å². The topological polar surface area (TPSA) is 64.9 Å². The maximum absolute atomic E-state index is 5.68. The highest BCUT2D eigenvalue weighted by atomic mass is 16.5. The summed E-state index contributed by atoms with van der Waals surface area (Å²) >= 11 is 0. The van der Waals surface area contributed by atoms with Gasteiger partial charge in [0.25, 0.3) is 5.89 Å². The highest BCUT2D eigenvalue weighted by Crippen LogP contribution is 2.23. The summed E-state index contributed by atoms with van der Waals surface area (Å²) in [6.45, 7) is 3.77. The Labute approximate surface area is 81.7 Å². The molecule has 0 aliphatic heterocycles. The van der Waals surface area contributed by atoms with Crippen LogP contribution in [0.4, 0.5) is 5.69 Å². The maximum Gasteiger partial charge on any atom is 0.258 e. The van der Waals surface area contributed by atoms with Crippen LogP contribution >= 0.6 is 0 Å². The van der Waals surface area contributed by atoms with Gasteiger partial charge < -0.3 is 10.3 Å². The van der Waals surface area contributed by atoms with Gasteiger partial charge in [0.05, 0.1) is 0 Å². The van der Waals surface area contributed by atoms with E-state index in [0.717, 1.165) is 11.1 Å². The molecule has 72 valence electrons. The molecule has 2 rings (SSSR count). The molecule has 0 aliphatic carbocycles. The van der Waals surface area contributed by atoms with Crippen molar-refractivity contribution >= 4 is 5.69 Å². The average molecular weight is 189 g/mol. The van der Waals surface area contributed by atoms with Crippen LogP contribution < -0.4 is 5.73 Å². The predicted octanol–water partition coefficient (Wildman–Crippen LogP) is 1.94. The molecule has 0 bridgehead atoms. The van der Waals surface area contributed by atoms with E-state index in [1.54, 1.807) is 6.92 Å². The van der Waals surface area contributed by atoms with Crippen LogP contribution in [0, 0.1) is 13.8 Å². The van der Waals surface area contributed by atoms with Crippen LogP contribution in [0.2, 0.25) is 0 Å². The standard InChI is InChI=1S/C10H11N3O/c1-6-3-4-8(11)5-9(6)10-12-7(2)13-14-10/h3-5H,11H2,1-2H3. The number of nitrogens with zero attached hydrogens (tertiary/aromatic N) is 2. The van der Waals surface area contributed by atoms with Crippen molar-refractivity contribution in [2.24, 2.45) is 0 Å². The molecule has 4 nitrogen and oxygen atoms in total. The summed E-state index contributed by atoms with van der Waals surface area (Å²) in [5.74, 6) is 1.15.